The summed E-state index contributed by atoms with van der Waals surface area (Å²) < 4.78 is 32.4. The molecule has 0 saturated carbocycles. The van der Waals surface area contributed by atoms with E-state index in [1.165, 1.54) is 31.2 Å². The van der Waals surface area contributed by atoms with Gasteiger partial charge in [0.2, 0.25) is 10.0 Å². The van der Waals surface area contributed by atoms with Crippen LogP contribution in [0.4, 0.5) is 0 Å². The Balaban J connectivity index is 2.21. The first-order valence-corrected chi connectivity index (χ1v) is 8.44. The molecular weight excluding hydrogens is 316 g/mol. The van der Waals surface area contributed by atoms with Crippen molar-refractivity contribution in [1.82, 2.24) is 4.72 Å². The molecule has 0 amide bonds. The van der Waals surface area contributed by atoms with E-state index in [0.717, 1.165) is 0 Å². The number of nitrogens with one attached hydrogen (secondary N) is 1. The summed E-state index contributed by atoms with van der Waals surface area (Å²) in [4.78, 5) is -0.0209. The molecule has 23 heavy (non-hydrogen) atoms. The first-order valence-electron chi connectivity index (χ1n) is 6.95. The van der Waals surface area contributed by atoms with Crippen LogP contribution in [-0.4, -0.2) is 20.1 Å². The van der Waals surface area contributed by atoms with Crippen molar-refractivity contribution in [1.29, 1.82) is 5.26 Å². The largest absolute Gasteiger partial charge is 0.466 e. The zero-order valence-electron chi connectivity index (χ0n) is 13.1. The summed E-state index contributed by atoms with van der Waals surface area (Å²) in [5, 5.41) is 19.4. The average Bonchev–Trinajstić information content (AvgIpc) is 2.85. The number of nitrogens with zero attached hydrogens (tertiary/aromatic N) is 1. The van der Waals surface area contributed by atoms with Crippen LogP contribution in [0.1, 0.15) is 29.6 Å². The van der Waals surface area contributed by atoms with Gasteiger partial charge in [-0.2, -0.15) is 5.26 Å². The molecule has 0 aliphatic rings. The number of furan rings is 1. The molecular formula is C16H18N2O4S. The maximum absolute atomic E-state index is 12.3. The molecule has 1 aromatic heterocycles. The van der Waals surface area contributed by atoms with Crippen molar-refractivity contribution < 1.29 is 17.9 Å². The van der Waals surface area contributed by atoms with Crippen molar-refractivity contribution in [3.63, 3.8) is 0 Å². The fourth-order valence-electron chi connectivity index (χ4n) is 2.31. The molecule has 2 rings (SSSR count). The molecule has 1 heterocycles. The SMILES string of the molecule is Cc1cc(C(C)(O)CNS(=O)(=O)c2cccc(C#N)c2)c(C)o1. The molecule has 2 N–H and O–H groups in total. The lowest BCUT2D eigenvalue weighted by molar-refractivity contribution is 0.0612. The third kappa shape index (κ3) is 3.79. The van der Waals surface area contributed by atoms with Gasteiger partial charge in [0.1, 0.15) is 17.1 Å². The van der Waals surface area contributed by atoms with Gasteiger partial charge in [-0.1, -0.05) is 6.07 Å². The monoisotopic (exact) mass is 334 g/mol. The van der Waals surface area contributed by atoms with Gasteiger partial charge in [0.15, 0.2) is 0 Å². The van der Waals surface area contributed by atoms with Crippen molar-refractivity contribution in [2.24, 2.45) is 0 Å². The number of hydrogen-bond donors (Lipinski definition) is 2. The Kier molecular flexibility index (Phi) is 4.61. The molecule has 122 valence electrons. The highest BCUT2D eigenvalue weighted by atomic mass is 32.2. The molecule has 0 saturated heterocycles. The van der Waals surface area contributed by atoms with Crippen LogP contribution < -0.4 is 4.72 Å². The summed E-state index contributed by atoms with van der Waals surface area (Å²) in [6, 6.07) is 9.27. The van der Waals surface area contributed by atoms with E-state index < -0.39 is 15.6 Å². The third-order valence-electron chi connectivity index (χ3n) is 3.50. The highest BCUT2D eigenvalue weighted by Crippen LogP contribution is 2.26. The van der Waals surface area contributed by atoms with Crippen molar-refractivity contribution in [2.75, 3.05) is 6.54 Å². The smallest absolute Gasteiger partial charge is 0.240 e. The number of hydrogen-bond acceptors (Lipinski definition) is 5. The first kappa shape index (κ1) is 17.2. The molecule has 6 nitrogen and oxygen atoms in total. The molecule has 1 atom stereocenters. The maximum Gasteiger partial charge on any atom is 0.240 e. The average molecular weight is 334 g/mol. The molecule has 1 unspecified atom stereocenters. The van der Waals surface area contributed by atoms with Gasteiger partial charge >= 0.3 is 0 Å². The summed E-state index contributed by atoms with van der Waals surface area (Å²) in [5.41, 5.74) is -0.633. The minimum atomic E-state index is -3.83. The summed E-state index contributed by atoms with van der Waals surface area (Å²) >= 11 is 0. The summed E-state index contributed by atoms with van der Waals surface area (Å²) in [7, 11) is -3.83. The second-order valence-corrected chi connectivity index (χ2v) is 7.33. The van der Waals surface area contributed by atoms with Crippen LogP contribution in [0, 0.1) is 25.2 Å². The molecule has 0 spiro atoms. The Morgan fingerprint density at radius 3 is 2.61 bits per heavy atom. The first-order chi connectivity index (χ1) is 10.7. The minimum absolute atomic E-state index is 0.0209. The molecule has 2 aromatic rings. The number of sulfonamides is 1. The van der Waals surface area contributed by atoms with E-state index in [2.05, 4.69) is 4.72 Å². The molecule has 0 aliphatic heterocycles. The van der Waals surface area contributed by atoms with E-state index in [-0.39, 0.29) is 17.0 Å². The Labute approximate surface area is 135 Å². The predicted molar refractivity (Wildman–Crippen MR) is 84.1 cm³/mol. The Bertz CT molecular complexity index is 860. The zero-order valence-corrected chi connectivity index (χ0v) is 13.9. The fraction of sp³-hybridized carbons (Fsp3) is 0.312. The highest BCUT2D eigenvalue weighted by molar-refractivity contribution is 7.89. The normalized spacial score (nSPS) is 14.2. The van der Waals surface area contributed by atoms with E-state index in [0.29, 0.717) is 17.1 Å². The fourth-order valence-corrected chi connectivity index (χ4v) is 3.49. The van der Waals surface area contributed by atoms with Crippen LogP contribution in [0.15, 0.2) is 39.6 Å². The molecule has 0 bridgehead atoms. The van der Waals surface area contributed by atoms with E-state index in [9.17, 15) is 13.5 Å². The van der Waals surface area contributed by atoms with Crippen LogP contribution in [0.3, 0.4) is 0 Å². The molecule has 7 heteroatoms. The summed E-state index contributed by atoms with van der Waals surface area (Å²) in [6.07, 6.45) is 0. The van der Waals surface area contributed by atoms with Gasteiger partial charge in [-0.15, -0.1) is 0 Å². The number of aliphatic hydroxyl groups is 1. The van der Waals surface area contributed by atoms with Gasteiger partial charge in [-0.05, 0) is 45.0 Å². The third-order valence-corrected chi connectivity index (χ3v) is 4.90. The molecule has 0 fully saturated rings. The summed E-state index contributed by atoms with van der Waals surface area (Å²) in [6.45, 7) is 4.76. The van der Waals surface area contributed by atoms with Gasteiger partial charge in [0.05, 0.1) is 16.5 Å². The standard InChI is InChI=1S/C16H18N2O4S/c1-11-7-15(12(2)22-11)16(3,19)10-18-23(20,21)14-6-4-5-13(8-14)9-17/h4-8,18-19H,10H2,1-3H3. The van der Waals surface area contributed by atoms with E-state index >= 15 is 0 Å². The zero-order chi connectivity index (χ0) is 17.3. The van der Waals surface area contributed by atoms with Crippen LogP contribution in [0.2, 0.25) is 0 Å². The maximum atomic E-state index is 12.3. The van der Waals surface area contributed by atoms with Crippen molar-refractivity contribution in [3.05, 3.63) is 53.0 Å². The lowest BCUT2D eigenvalue weighted by Crippen LogP contribution is -2.38. The van der Waals surface area contributed by atoms with Crippen molar-refractivity contribution >= 4 is 10.0 Å². The van der Waals surface area contributed by atoms with E-state index in [4.69, 9.17) is 9.68 Å². The van der Waals surface area contributed by atoms with E-state index in [1.807, 2.05) is 6.07 Å². The Hall–Kier alpha value is -2.14. The van der Waals surface area contributed by atoms with Crippen LogP contribution in [0.5, 0.6) is 0 Å². The number of nitriles is 1. The van der Waals surface area contributed by atoms with Crippen molar-refractivity contribution in [3.8, 4) is 6.07 Å². The Morgan fingerprint density at radius 2 is 2.04 bits per heavy atom. The van der Waals surface area contributed by atoms with Gasteiger partial charge in [0.25, 0.3) is 0 Å². The second-order valence-electron chi connectivity index (χ2n) is 5.56. The number of rotatable bonds is 5. The minimum Gasteiger partial charge on any atom is -0.466 e. The van der Waals surface area contributed by atoms with Crippen molar-refractivity contribution in [2.45, 2.75) is 31.3 Å². The second kappa shape index (κ2) is 6.16. The topological polar surface area (TPSA) is 103 Å². The molecule has 1 aromatic carbocycles. The summed E-state index contributed by atoms with van der Waals surface area (Å²) in [5.74, 6) is 1.18. The van der Waals surface area contributed by atoms with E-state index in [1.54, 1.807) is 19.9 Å². The van der Waals surface area contributed by atoms with Crippen LogP contribution >= 0.6 is 0 Å². The number of benzene rings is 1. The van der Waals surface area contributed by atoms with Gasteiger partial charge in [0, 0.05) is 12.1 Å². The lowest BCUT2D eigenvalue weighted by Gasteiger charge is -2.23. The van der Waals surface area contributed by atoms with Crippen LogP contribution in [-0.2, 0) is 15.6 Å². The van der Waals surface area contributed by atoms with Gasteiger partial charge < -0.3 is 9.52 Å². The van der Waals surface area contributed by atoms with Gasteiger partial charge in [-0.3, -0.25) is 0 Å². The molecule has 0 aliphatic carbocycles. The Morgan fingerprint density at radius 1 is 1.35 bits per heavy atom. The predicted octanol–water partition coefficient (Wildman–Crippen LogP) is 1.95. The van der Waals surface area contributed by atoms with Gasteiger partial charge in [-0.25, -0.2) is 13.1 Å². The lowest BCUT2D eigenvalue weighted by atomic mass is 9.97. The van der Waals surface area contributed by atoms with Crippen LogP contribution in [0.25, 0.3) is 0 Å². The number of aryl methyl sites for hydroxylation is 2. The molecule has 0 radical (unpaired) electrons. The highest BCUT2D eigenvalue weighted by Gasteiger charge is 2.29. The quantitative estimate of drug-likeness (QED) is 0.870.